The van der Waals surface area contributed by atoms with E-state index in [0.717, 1.165) is 0 Å². The Balaban J connectivity index is 2.35. The minimum atomic E-state index is 0.231. The fourth-order valence-corrected chi connectivity index (χ4v) is 2.94. The predicted octanol–water partition coefficient (Wildman–Crippen LogP) is 4.07. The smallest absolute Gasteiger partial charge is 0.0432 e. The molecule has 1 aromatic rings. The summed E-state index contributed by atoms with van der Waals surface area (Å²) in [5.74, 6) is 0. The SMILES string of the molecule is CCC1(c2ccc(C)c(C)c2)CCCCCN1. The zero-order valence-electron chi connectivity index (χ0n) is 11.5. The highest BCUT2D eigenvalue weighted by atomic mass is 15.0. The molecule has 1 aliphatic rings. The quantitative estimate of drug-likeness (QED) is 0.809. The van der Waals surface area contributed by atoms with E-state index in [4.69, 9.17) is 0 Å². The van der Waals surface area contributed by atoms with E-state index in [9.17, 15) is 0 Å². The summed E-state index contributed by atoms with van der Waals surface area (Å²) < 4.78 is 0. The normalized spacial score (nSPS) is 25.6. The van der Waals surface area contributed by atoms with Gasteiger partial charge in [-0.1, -0.05) is 38.0 Å². The van der Waals surface area contributed by atoms with Gasteiger partial charge in [0.2, 0.25) is 0 Å². The van der Waals surface area contributed by atoms with Gasteiger partial charge in [0.25, 0.3) is 0 Å². The van der Waals surface area contributed by atoms with Crippen molar-refractivity contribution in [3.8, 4) is 0 Å². The minimum Gasteiger partial charge on any atom is -0.307 e. The second kappa shape index (κ2) is 5.22. The Hall–Kier alpha value is -0.820. The highest BCUT2D eigenvalue weighted by Gasteiger charge is 2.30. The number of benzene rings is 1. The second-order valence-corrected chi connectivity index (χ2v) is 5.47. The highest BCUT2D eigenvalue weighted by Crippen LogP contribution is 2.33. The van der Waals surface area contributed by atoms with Crippen LogP contribution in [0, 0.1) is 13.8 Å². The maximum atomic E-state index is 3.81. The zero-order chi connectivity index (χ0) is 12.3. The van der Waals surface area contributed by atoms with Gasteiger partial charge in [0.15, 0.2) is 0 Å². The van der Waals surface area contributed by atoms with Crippen molar-refractivity contribution in [3.63, 3.8) is 0 Å². The number of rotatable bonds is 2. The Morgan fingerprint density at radius 3 is 2.65 bits per heavy atom. The second-order valence-electron chi connectivity index (χ2n) is 5.47. The highest BCUT2D eigenvalue weighted by molar-refractivity contribution is 5.34. The molecule has 0 spiro atoms. The summed E-state index contributed by atoms with van der Waals surface area (Å²) in [6.07, 6.45) is 6.53. The monoisotopic (exact) mass is 231 g/mol. The number of nitrogens with one attached hydrogen (secondary N) is 1. The van der Waals surface area contributed by atoms with Crippen molar-refractivity contribution in [3.05, 3.63) is 34.9 Å². The summed E-state index contributed by atoms with van der Waals surface area (Å²) in [5.41, 5.74) is 4.54. The summed E-state index contributed by atoms with van der Waals surface area (Å²) in [7, 11) is 0. The third kappa shape index (κ3) is 2.55. The van der Waals surface area contributed by atoms with E-state index >= 15 is 0 Å². The van der Waals surface area contributed by atoms with Crippen molar-refractivity contribution in [2.75, 3.05) is 6.54 Å². The molecular formula is C16H25N. The van der Waals surface area contributed by atoms with Crippen LogP contribution in [0.5, 0.6) is 0 Å². The Bertz CT molecular complexity index is 373. The number of aryl methyl sites for hydroxylation is 2. The molecule has 1 fully saturated rings. The molecule has 1 heterocycles. The van der Waals surface area contributed by atoms with Crippen molar-refractivity contribution < 1.29 is 0 Å². The van der Waals surface area contributed by atoms with E-state index in [0.29, 0.717) is 0 Å². The van der Waals surface area contributed by atoms with Crippen LogP contribution in [-0.2, 0) is 5.54 Å². The molecule has 2 rings (SSSR count). The Morgan fingerprint density at radius 1 is 1.12 bits per heavy atom. The Labute approximate surface area is 106 Å². The first-order valence-corrected chi connectivity index (χ1v) is 7.01. The lowest BCUT2D eigenvalue weighted by Crippen LogP contribution is -2.41. The first kappa shape index (κ1) is 12.6. The zero-order valence-corrected chi connectivity index (χ0v) is 11.5. The van der Waals surface area contributed by atoms with E-state index in [1.807, 2.05) is 0 Å². The maximum Gasteiger partial charge on any atom is 0.0432 e. The van der Waals surface area contributed by atoms with Gasteiger partial charge in [0.1, 0.15) is 0 Å². The van der Waals surface area contributed by atoms with Crippen LogP contribution in [0.4, 0.5) is 0 Å². The molecule has 0 radical (unpaired) electrons. The summed E-state index contributed by atoms with van der Waals surface area (Å²) in [6.45, 7) is 7.89. The molecule has 1 atom stereocenters. The van der Waals surface area contributed by atoms with Gasteiger partial charge in [-0.3, -0.25) is 0 Å². The molecule has 0 aliphatic carbocycles. The van der Waals surface area contributed by atoms with Crippen molar-refractivity contribution >= 4 is 0 Å². The lowest BCUT2D eigenvalue weighted by Gasteiger charge is -2.34. The van der Waals surface area contributed by atoms with Crippen LogP contribution in [0.15, 0.2) is 18.2 Å². The summed E-state index contributed by atoms with van der Waals surface area (Å²) in [4.78, 5) is 0. The molecule has 1 aliphatic heterocycles. The molecule has 1 unspecified atom stereocenters. The largest absolute Gasteiger partial charge is 0.307 e. The van der Waals surface area contributed by atoms with E-state index in [1.165, 1.54) is 55.3 Å². The fourth-order valence-electron chi connectivity index (χ4n) is 2.94. The van der Waals surface area contributed by atoms with Gasteiger partial charge >= 0.3 is 0 Å². The fraction of sp³-hybridized carbons (Fsp3) is 0.625. The molecule has 1 saturated heterocycles. The third-order valence-corrected chi connectivity index (χ3v) is 4.41. The van der Waals surface area contributed by atoms with Crippen molar-refractivity contribution in [2.24, 2.45) is 0 Å². The molecule has 94 valence electrons. The average molecular weight is 231 g/mol. The molecule has 0 aromatic heterocycles. The standard InChI is InChI=1S/C16H25N/c1-4-16(10-6-5-7-11-17-16)15-9-8-13(2)14(3)12-15/h8-9,12,17H,4-7,10-11H2,1-3H3. The van der Waals surface area contributed by atoms with Crippen LogP contribution in [0.3, 0.4) is 0 Å². The summed E-state index contributed by atoms with van der Waals surface area (Å²) in [6, 6.07) is 6.98. The minimum absolute atomic E-state index is 0.231. The molecule has 1 N–H and O–H groups in total. The number of hydrogen-bond acceptors (Lipinski definition) is 1. The molecule has 1 nitrogen and oxygen atoms in total. The molecule has 17 heavy (non-hydrogen) atoms. The van der Waals surface area contributed by atoms with Gasteiger partial charge < -0.3 is 5.32 Å². The van der Waals surface area contributed by atoms with Gasteiger partial charge in [0.05, 0.1) is 0 Å². The Morgan fingerprint density at radius 2 is 1.94 bits per heavy atom. The van der Waals surface area contributed by atoms with Gasteiger partial charge in [-0.15, -0.1) is 0 Å². The van der Waals surface area contributed by atoms with Crippen LogP contribution >= 0.6 is 0 Å². The average Bonchev–Trinajstić information content (AvgIpc) is 2.59. The van der Waals surface area contributed by atoms with Crippen molar-refractivity contribution in [2.45, 2.75) is 58.4 Å². The van der Waals surface area contributed by atoms with Crippen LogP contribution in [0.2, 0.25) is 0 Å². The third-order valence-electron chi connectivity index (χ3n) is 4.41. The van der Waals surface area contributed by atoms with Crippen LogP contribution in [0.1, 0.15) is 55.7 Å². The van der Waals surface area contributed by atoms with Crippen LogP contribution < -0.4 is 5.32 Å². The van der Waals surface area contributed by atoms with Crippen LogP contribution in [0.25, 0.3) is 0 Å². The van der Waals surface area contributed by atoms with Crippen molar-refractivity contribution in [1.82, 2.24) is 5.32 Å². The number of hydrogen-bond donors (Lipinski definition) is 1. The molecule has 0 bridgehead atoms. The lowest BCUT2D eigenvalue weighted by molar-refractivity contribution is 0.312. The Kier molecular flexibility index (Phi) is 3.88. The molecule has 0 amide bonds. The summed E-state index contributed by atoms with van der Waals surface area (Å²) >= 11 is 0. The van der Waals surface area contributed by atoms with Gasteiger partial charge in [0, 0.05) is 5.54 Å². The topological polar surface area (TPSA) is 12.0 Å². The molecule has 1 aromatic carbocycles. The first-order valence-electron chi connectivity index (χ1n) is 7.01. The van der Waals surface area contributed by atoms with E-state index in [1.54, 1.807) is 0 Å². The van der Waals surface area contributed by atoms with E-state index < -0.39 is 0 Å². The predicted molar refractivity (Wildman–Crippen MR) is 74.4 cm³/mol. The lowest BCUT2D eigenvalue weighted by atomic mass is 9.82. The van der Waals surface area contributed by atoms with Crippen LogP contribution in [-0.4, -0.2) is 6.54 Å². The molecule has 0 saturated carbocycles. The van der Waals surface area contributed by atoms with Gasteiger partial charge in [-0.25, -0.2) is 0 Å². The molecule has 1 heteroatoms. The van der Waals surface area contributed by atoms with E-state index in [-0.39, 0.29) is 5.54 Å². The maximum absolute atomic E-state index is 3.81. The summed E-state index contributed by atoms with van der Waals surface area (Å²) in [5, 5.41) is 3.81. The van der Waals surface area contributed by atoms with E-state index in [2.05, 4.69) is 44.3 Å². The molecular weight excluding hydrogens is 206 g/mol. The van der Waals surface area contributed by atoms with Gasteiger partial charge in [-0.2, -0.15) is 0 Å². The van der Waals surface area contributed by atoms with Gasteiger partial charge in [-0.05, 0) is 56.3 Å². The van der Waals surface area contributed by atoms with Crippen molar-refractivity contribution in [1.29, 1.82) is 0 Å². The first-order chi connectivity index (χ1) is 8.18.